The summed E-state index contributed by atoms with van der Waals surface area (Å²) < 4.78 is 1.44. The third-order valence-corrected chi connectivity index (χ3v) is 3.80. The van der Waals surface area contributed by atoms with Crippen molar-refractivity contribution < 1.29 is 4.79 Å². The Morgan fingerprint density at radius 2 is 2.09 bits per heavy atom. The Morgan fingerprint density at radius 3 is 2.82 bits per heavy atom. The summed E-state index contributed by atoms with van der Waals surface area (Å²) in [7, 11) is 1.66. The van der Waals surface area contributed by atoms with E-state index in [1.54, 1.807) is 24.9 Å². The molecular weight excluding hydrogens is 284 g/mol. The molecule has 0 aliphatic carbocycles. The van der Waals surface area contributed by atoms with E-state index in [1.807, 2.05) is 0 Å². The first-order valence-corrected chi connectivity index (χ1v) is 6.99. The van der Waals surface area contributed by atoms with Crippen LogP contribution in [-0.4, -0.2) is 31.9 Å². The number of amides is 1. The van der Waals surface area contributed by atoms with E-state index in [-0.39, 0.29) is 23.6 Å². The highest BCUT2D eigenvalue weighted by atomic mass is 16.2. The summed E-state index contributed by atoms with van der Waals surface area (Å²) in [5, 5.41) is 0. The number of aromatic amines is 1. The van der Waals surface area contributed by atoms with Crippen LogP contribution in [0.4, 0.5) is 0 Å². The molecule has 7 heteroatoms. The molecule has 1 aliphatic rings. The van der Waals surface area contributed by atoms with Gasteiger partial charge in [0.05, 0.1) is 18.6 Å². The third kappa shape index (κ3) is 2.45. The number of pyridine rings is 1. The van der Waals surface area contributed by atoms with Crippen LogP contribution < -0.4 is 11.1 Å². The minimum atomic E-state index is -0.298. The SMILES string of the molecule is Cc1cc(C(=O)N2CCc3c(ncn(C)c3=O)C2)cc(=O)[nH]1. The lowest BCUT2D eigenvalue weighted by molar-refractivity contribution is 0.0730. The van der Waals surface area contributed by atoms with E-state index < -0.39 is 0 Å². The Labute approximate surface area is 126 Å². The number of rotatable bonds is 1. The van der Waals surface area contributed by atoms with Crippen molar-refractivity contribution in [2.75, 3.05) is 6.54 Å². The van der Waals surface area contributed by atoms with Gasteiger partial charge in [0.1, 0.15) is 0 Å². The van der Waals surface area contributed by atoms with Crippen molar-refractivity contribution in [3.63, 3.8) is 0 Å². The van der Waals surface area contributed by atoms with E-state index in [9.17, 15) is 14.4 Å². The van der Waals surface area contributed by atoms with Crippen LogP contribution in [0.25, 0.3) is 0 Å². The number of hydrogen-bond acceptors (Lipinski definition) is 4. The van der Waals surface area contributed by atoms with Crippen LogP contribution >= 0.6 is 0 Å². The van der Waals surface area contributed by atoms with Crippen molar-refractivity contribution in [2.45, 2.75) is 19.9 Å². The van der Waals surface area contributed by atoms with E-state index in [1.165, 1.54) is 17.0 Å². The van der Waals surface area contributed by atoms with Crippen LogP contribution in [0.2, 0.25) is 0 Å². The Morgan fingerprint density at radius 1 is 1.32 bits per heavy atom. The van der Waals surface area contributed by atoms with E-state index >= 15 is 0 Å². The summed E-state index contributed by atoms with van der Waals surface area (Å²) in [6.45, 7) is 2.46. The van der Waals surface area contributed by atoms with Crippen LogP contribution in [0, 0.1) is 6.92 Å². The lowest BCUT2D eigenvalue weighted by atomic mass is 10.1. The molecular formula is C15H16N4O3. The van der Waals surface area contributed by atoms with Crippen LogP contribution in [0.5, 0.6) is 0 Å². The van der Waals surface area contributed by atoms with E-state index in [0.29, 0.717) is 35.5 Å². The van der Waals surface area contributed by atoms with Gasteiger partial charge in [0.15, 0.2) is 0 Å². The minimum absolute atomic E-state index is 0.0656. The lowest BCUT2D eigenvalue weighted by Crippen LogP contribution is -2.40. The molecule has 1 amide bonds. The fraction of sp³-hybridized carbons (Fsp3) is 0.333. The van der Waals surface area contributed by atoms with Crippen LogP contribution in [0.3, 0.4) is 0 Å². The molecule has 0 unspecified atom stereocenters. The topological polar surface area (TPSA) is 88.1 Å². The maximum Gasteiger partial charge on any atom is 0.256 e. The molecule has 2 aromatic rings. The molecule has 3 rings (SSSR count). The van der Waals surface area contributed by atoms with Gasteiger partial charge in [-0.1, -0.05) is 0 Å². The molecule has 0 radical (unpaired) electrons. The highest BCUT2D eigenvalue weighted by Gasteiger charge is 2.25. The lowest BCUT2D eigenvalue weighted by Gasteiger charge is -2.27. The molecule has 0 fully saturated rings. The second kappa shape index (κ2) is 5.25. The molecule has 22 heavy (non-hydrogen) atoms. The number of aromatic nitrogens is 3. The van der Waals surface area contributed by atoms with Gasteiger partial charge in [0.25, 0.3) is 11.5 Å². The first-order chi connectivity index (χ1) is 10.5. The van der Waals surface area contributed by atoms with E-state index in [4.69, 9.17) is 0 Å². The van der Waals surface area contributed by atoms with Gasteiger partial charge in [-0.05, 0) is 19.4 Å². The van der Waals surface area contributed by atoms with E-state index in [0.717, 1.165) is 0 Å². The zero-order valence-electron chi connectivity index (χ0n) is 12.4. The second-order valence-electron chi connectivity index (χ2n) is 5.48. The highest BCUT2D eigenvalue weighted by Crippen LogP contribution is 2.16. The Hall–Kier alpha value is -2.70. The monoisotopic (exact) mass is 300 g/mol. The molecule has 114 valence electrons. The summed E-state index contributed by atoms with van der Waals surface area (Å²) >= 11 is 0. The Bertz CT molecular complexity index is 866. The van der Waals surface area contributed by atoms with Gasteiger partial charge >= 0.3 is 0 Å². The molecule has 0 aromatic carbocycles. The van der Waals surface area contributed by atoms with Gasteiger partial charge in [0, 0.05) is 36.5 Å². The number of aryl methyl sites for hydroxylation is 2. The summed E-state index contributed by atoms with van der Waals surface area (Å²) in [6.07, 6.45) is 1.94. The van der Waals surface area contributed by atoms with Crippen molar-refractivity contribution in [1.82, 2.24) is 19.4 Å². The first kappa shape index (κ1) is 14.2. The smallest absolute Gasteiger partial charge is 0.256 e. The normalized spacial score (nSPS) is 13.8. The van der Waals surface area contributed by atoms with Crippen molar-refractivity contribution in [3.05, 3.63) is 61.7 Å². The number of carbonyl (C=O) groups is 1. The molecule has 0 spiro atoms. The van der Waals surface area contributed by atoms with Crippen LogP contribution in [0.15, 0.2) is 28.0 Å². The number of nitrogens with zero attached hydrogens (tertiary/aromatic N) is 3. The number of carbonyl (C=O) groups excluding carboxylic acids is 1. The summed E-state index contributed by atoms with van der Waals surface area (Å²) in [4.78, 5) is 44.5. The van der Waals surface area contributed by atoms with Crippen LogP contribution in [0.1, 0.15) is 27.3 Å². The summed E-state index contributed by atoms with van der Waals surface area (Å²) in [6, 6.07) is 2.94. The number of nitrogens with one attached hydrogen (secondary N) is 1. The number of hydrogen-bond donors (Lipinski definition) is 1. The maximum atomic E-state index is 12.5. The second-order valence-corrected chi connectivity index (χ2v) is 5.48. The van der Waals surface area contributed by atoms with Gasteiger partial charge in [-0.3, -0.25) is 14.4 Å². The zero-order chi connectivity index (χ0) is 15.9. The maximum absolute atomic E-state index is 12.5. The molecule has 3 heterocycles. The van der Waals surface area contributed by atoms with Gasteiger partial charge in [-0.25, -0.2) is 4.98 Å². The molecule has 0 saturated carbocycles. The predicted molar refractivity (Wildman–Crippen MR) is 79.7 cm³/mol. The van der Waals surface area contributed by atoms with Gasteiger partial charge in [-0.2, -0.15) is 0 Å². The highest BCUT2D eigenvalue weighted by molar-refractivity contribution is 5.94. The Kier molecular flexibility index (Phi) is 3.40. The summed E-state index contributed by atoms with van der Waals surface area (Å²) in [5.74, 6) is -0.220. The molecule has 0 saturated heterocycles. The molecule has 1 aliphatic heterocycles. The number of fused-ring (bicyclic) bond motifs is 1. The first-order valence-electron chi connectivity index (χ1n) is 6.99. The quantitative estimate of drug-likeness (QED) is 0.801. The predicted octanol–water partition coefficient (Wildman–Crippen LogP) is -0.0245. The summed E-state index contributed by atoms with van der Waals surface area (Å²) in [5.41, 5.74) is 1.92. The van der Waals surface area contributed by atoms with Crippen molar-refractivity contribution >= 4 is 5.91 Å². The fourth-order valence-electron chi connectivity index (χ4n) is 2.68. The fourth-order valence-corrected chi connectivity index (χ4v) is 2.68. The molecule has 7 nitrogen and oxygen atoms in total. The third-order valence-electron chi connectivity index (χ3n) is 3.80. The Balaban J connectivity index is 1.91. The minimum Gasteiger partial charge on any atom is -0.332 e. The molecule has 0 atom stereocenters. The zero-order valence-corrected chi connectivity index (χ0v) is 12.4. The van der Waals surface area contributed by atoms with Crippen molar-refractivity contribution in [3.8, 4) is 0 Å². The molecule has 1 N–H and O–H groups in total. The molecule has 0 bridgehead atoms. The molecule has 2 aromatic heterocycles. The van der Waals surface area contributed by atoms with Gasteiger partial charge in [-0.15, -0.1) is 0 Å². The van der Waals surface area contributed by atoms with Gasteiger partial charge < -0.3 is 14.5 Å². The van der Waals surface area contributed by atoms with Crippen LogP contribution in [-0.2, 0) is 20.0 Å². The average Bonchev–Trinajstić information content (AvgIpc) is 2.49. The standard InChI is InChI=1S/C15H16N4O3/c1-9-5-10(6-13(20)17-9)14(21)19-4-3-11-12(7-19)16-8-18(2)15(11)22/h5-6,8H,3-4,7H2,1-2H3,(H,17,20). The van der Waals surface area contributed by atoms with E-state index in [2.05, 4.69) is 9.97 Å². The van der Waals surface area contributed by atoms with Crippen molar-refractivity contribution in [1.29, 1.82) is 0 Å². The van der Waals surface area contributed by atoms with Gasteiger partial charge in [0.2, 0.25) is 5.56 Å². The van der Waals surface area contributed by atoms with Crippen molar-refractivity contribution in [2.24, 2.45) is 7.05 Å². The average molecular weight is 300 g/mol. The largest absolute Gasteiger partial charge is 0.332 e. The number of H-pyrrole nitrogens is 1.